The topological polar surface area (TPSA) is 54.5 Å². The molecule has 22 heavy (non-hydrogen) atoms. The van der Waals surface area contributed by atoms with Gasteiger partial charge in [0.25, 0.3) is 0 Å². The van der Waals surface area contributed by atoms with Gasteiger partial charge in [0.2, 0.25) is 5.91 Å². The van der Waals surface area contributed by atoms with Crippen LogP contribution in [-0.4, -0.2) is 48.6 Å². The lowest BCUT2D eigenvalue weighted by Gasteiger charge is -2.45. The maximum Gasteiger partial charge on any atom is 0.222 e. The van der Waals surface area contributed by atoms with Crippen LogP contribution in [0.15, 0.2) is 24.5 Å². The average Bonchev–Trinajstić information content (AvgIpc) is 2.57. The highest BCUT2D eigenvalue weighted by Crippen LogP contribution is 2.38. The Balaban J connectivity index is 1.45. The minimum absolute atomic E-state index is 0.311. The third-order valence-electron chi connectivity index (χ3n) is 4.89. The van der Waals surface area contributed by atoms with Crippen molar-refractivity contribution in [1.82, 2.24) is 15.2 Å². The average molecular weight is 303 g/mol. The van der Waals surface area contributed by atoms with Crippen LogP contribution in [0, 0.1) is 5.41 Å². The van der Waals surface area contributed by atoms with Crippen LogP contribution in [-0.2, 0) is 4.79 Å². The number of amides is 1. The van der Waals surface area contributed by atoms with E-state index in [1.807, 2.05) is 12.1 Å². The molecule has 0 atom stereocenters. The lowest BCUT2D eigenvalue weighted by Crippen LogP contribution is -2.51. The number of nitrogens with zero attached hydrogens (tertiary/aromatic N) is 2. The molecule has 0 unspecified atom stereocenters. The van der Waals surface area contributed by atoms with Crippen LogP contribution in [0.5, 0.6) is 5.75 Å². The van der Waals surface area contributed by atoms with Gasteiger partial charge in [-0.3, -0.25) is 9.78 Å². The number of nitrogens with one attached hydrogen (secondary N) is 1. The van der Waals surface area contributed by atoms with E-state index in [1.165, 1.54) is 12.8 Å². The summed E-state index contributed by atoms with van der Waals surface area (Å²) < 4.78 is 5.66. The first-order valence-electron chi connectivity index (χ1n) is 8.29. The van der Waals surface area contributed by atoms with Gasteiger partial charge in [-0.15, -0.1) is 0 Å². The Morgan fingerprint density at radius 3 is 2.95 bits per heavy atom. The standard InChI is InChI=1S/C17H25N3O2/c21-16-4-5-17(6-9-18-10-7-17)14-20(16)11-2-12-22-15-3-1-8-19-13-15/h1,3,8,13,18H,2,4-7,9-12,14H2. The fourth-order valence-electron chi connectivity index (χ4n) is 3.55. The smallest absolute Gasteiger partial charge is 0.222 e. The van der Waals surface area contributed by atoms with Crippen molar-refractivity contribution >= 4 is 5.91 Å². The summed E-state index contributed by atoms with van der Waals surface area (Å²) in [4.78, 5) is 18.2. The number of piperidine rings is 2. The number of aromatic nitrogens is 1. The van der Waals surface area contributed by atoms with E-state index in [9.17, 15) is 4.79 Å². The summed E-state index contributed by atoms with van der Waals surface area (Å²) in [6.07, 6.45) is 8.49. The molecule has 2 fully saturated rings. The van der Waals surface area contributed by atoms with Crippen molar-refractivity contribution in [2.24, 2.45) is 5.41 Å². The Bertz CT molecular complexity index is 486. The molecule has 3 rings (SSSR count). The first kappa shape index (κ1) is 15.3. The van der Waals surface area contributed by atoms with Crippen LogP contribution in [0.1, 0.15) is 32.1 Å². The molecule has 0 aliphatic carbocycles. The Labute approximate surface area is 132 Å². The Hall–Kier alpha value is -1.62. The molecule has 5 heteroatoms. The van der Waals surface area contributed by atoms with Crippen molar-refractivity contribution in [3.63, 3.8) is 0 Å². The van der Waals surface area contributed by atoms with Gasteiger partial charge in [-0.1, -0.05) is 0 Å². The predicted octanol–water partition coefficient (Wildman–Crippen LogP) is 1.84. The van der Waals surface area contributed by atoms with Crippen molar-refractivity contribution in [3.8, 4) is 5.75 Å². The molecule has 2 saturated heterocycles. The van der Waals surface area contributed by atoms with E-state index < -0.39 is 0 Å². The van der Waals surface area contributed by atoms with Crippen LogP contribution in [0.4, 0.5) is 0 Å². The Morgan fingerprint density at radius 1 is 1.32 bits per heavy atom. The largest absolute Gasteiger partial charge is 0.492 e. The van der Waals surface area contributed by atoms with Gasteiger partial charge < -0.3 is 15.0 Å². The lowest BCUT2D eigenvalue weighted by molar-refractivity contribution is -0.138. The monoisotopic (exact) mass is 303 g/mol. The molecule has 120 valence electrons. The highest BCUT2D eigenvalue weighted by atomic mass is 16.5. The summed E-state index contributed by atoms with van der Waals surface area (Å²) in [7, 11) is 0. The second kappa shape index (κ2) is 7.09. The number of carbonyl (C=O) groups excluding carboxylic acids is 1. The molecule has 2 aliphatic heterocycles. The van der Waals surface area contributed by atoms with Crippen molar-refractivity contribution in [2.75, 3.05) is 32.8 Å². The molecule has 1 amide bonds. The summed E-state index contributed by atoms with van der Waals surface area (Å²) in [5.74, 6) is 1.10. The second-order valence-corrected chi connectivity index (χ2v) is 6.46. The summed E-state index contributed by atoms with van der Waals surface area (Å²) in [5.41, 5.74) is 0.364. The Kier molecular flexibility index (Phi) is 4.93. The third kappa shape index (κ3) is 3.77. The van der Waals surface area contributed by atoms with E-state index in [1.54, 1.807) is 12.4 Å². The number of likely N-dealkylation sites (tertiary alicyclic amines) is 1. The number of carbonyl (C=O) groups is 1. The van der Waals surface area contributed by atoms with Gasteiger partial charge in [0, 0.05) is 25.7 Å². The molecule has 1 aromatic heterocycles. The minimum atomic E-state index is 0.311. The Morgan fingerprint density at radius 2 is 2.18 bits per heavy atom. The molecule has 0 bridgehead atoms. The van der Waals surface area contributed by atoms with Gasteiger partial charge >= 0.3 is 0 Å². The van der Waals surface area contributed by atoms with Crippen LogP contribution >= 0.6 is 0 Å². The molecule has 5 nitrogen and oxygen atoms in total. The number of hydrogen-bond donors (Lipinski definition) is 1. The second-order valence-electron chi connectivity index (χ2n) is 6.46. The summed E-state index contributed by atoms with van der Waals surface area (Å²) in [5, 5.41) is 3.42. The molecule has 3 heterocycles. The van der Waals surface area contributed by atoms with E-state index in [2.05, 4.69) is 15.2 Å². The lowest BCUT2D eigenvalue weighted by atomic mass is 9.73. The number of rotatable bonds is 5. The normalized spacial score (nSPS) is 21.1. The zero-order valence-corrected chi connectivity index (χ0v) is 13.1. The third-order valence-corrected chi connectivity index (χ3v) is 4.89. The van der Waals surface area contributed by atoms with Crippen LogP contribution in [0.2, 0.25) is 0 Å². The summed E-state index contributed by atoms with van der Waals surface area (Å²) in [6, 6.07) is 3.77. The van der Waals surface area contributed by atoms with Crippen molar-refractivity contribution in [1.29, 1.82) is 0 Å². The van der Waals surface area contributed by atoms with Gasteiger partial charge in [0.05, 0.1) is 12.8 Å². The highest BCUT2D eigenvalue weighted by molar-refractivity contribution is 5.77. The van der Waals surface area contributed by atoms with Crippen LogP contribution in [0.25, 0.3) is 0 Å². The van der Waals surface area contributed by atoms with Gasteiger partial charge in [0.15, 0.2) is 0 Å². The maximum absolute atomic E-state index is 12.1. The summed E-state index contributed by atoms with van der Waals surface area (Å²) in [6.45, 7) is 4.54. The number of pyridine rings is 1. The van der Waals surface area contributed by atoms with Gasteiger partial charge in [-0.2, -0.15) is 0 Å². The molecular formula is C17H25N3O2. The molecule has 1 N–H and O–H groups in total. The molecule has 0 aromatic carbocycles. The van der Waals surface area contributed by atoms with E-state index in [0.29, 0.717) is 24.3 Å². The van der Waals surface area contributed by atoms with Gasteiger partial charge in [-0.05, 0) is 56.3 Å². The van der Waals surface area contributed by atoms with Gasteiger partial charge in [0.1, 0.15) is 5.75 Å². The molecule has 2 aliphatic rings. The first-order chi connectivity index (χ1) is 10.8. The first-order valence-corrected chi connectivity index (χ1v) is 8.29. The number of ether oxygens (including phenoxy) is 1. The SMILES string of the molecule is O=C1CCC2(CCNCC2)CN1CCCOc1cccnc1. The fourth-order valence-corrected chi connectivity index (χ4v) is 3.55. The fraction of sp³-hybridized carbons (Fsp3) is 0.647. The van der Waals surface area contributed by atoms with E-state index in [-0.39, 0.29) is 0 Å². The highest BCUT2D eigenvalue weighted by Gasteiger charge is 2.39. The van der Waals surface area contributed by atoms with Crippen LogP contribution in [0.3, 0.4) is 0 Å². The van der Waals surface area contributed by atoms with E-state index in [0.717, 1.165) is 44.8 Å². The predicted molar refractivity (Wildman–Crippen MR) is 84.7 cm³/mol. The van der Waals surface area contributed by atoms with Crippen LogP contribution < -0.4 is 10.1 Å². The van der Waals surface area contributed by atoms with Crippen molar-refractivity contribution in [3.05, 3.63) is 24.5 Å². The van der Waals surface area contributed by atoms with Crippen molar-refractivity contribution < 1.29 is 9.53 Å². The maximum atomic E-state index is 12.1. The molecule has 0 saturated carbocycles. The molecular weight excluding hydrogens is 278 g/mol. The zero-order valence-electron chi connectivity index (χ0n) is 13.1. The van der Waals surface area contributed by atoms with E-state index in [4.69, 9.17) is 4.74 Å². The van der Waals surface area contributed by atoms with Crippen molar-refractivity contribution in [2.45, 2.75) is 32.1 Å². The quantitative estimate of drug-likeness (QED) is 0.843. The van der Waals surface area contributed by atoms with E-state index >= 15 is 0 Å². The molecule has 1 aromatic rings. The minimum Gasteiger partial charge on any atom is -0.492 e. The molecule has 0 radical (unpaired) electrons. The zero-order chi connectivity index (χ0) is 15.3. The van der Waals surface area contributed by atoms with Gasteiger partial charge in [-0.25, -0.2) is 0 Å². The number of hydrogen-bond acceptors (Lipinski definition) is 4. The molecule has 1 spiro atoms. The summed E-state index contributed by atoms with van der Waals surface area (Å²) >= 11 is 0.